The molecule has 0 spiro atoms. The fraction of sp³-hybridized carbons (Fsp3) is 0.844. The van der Waals surface area contributed by atoms with Crippen LogP contribution in [-0.2, 0) is 62.3 Å². The fourth-order valence-electron chi connectivity index (χ4n) is 14.9. The molecule has 0 aromatic rings. The van der Waals surface area contributed by atoms with Gasteiger partial charge in [-0.25, -0.2) is 0 Å². The second-order valence-electron chi connectivity index (χ2n) is 33.6. The molecule has 588 valence electrons. The highest BCUT2D eigenvalue weighted by molar-refractivity contribution is 5.99. The van der Waals surface area contributed by atoms with Gasteiger partial charge >= 0.3 is 0 Å². The van der Waals surface area contributed by atoms with Gasteiger partial charge < -0.3 is 70.5 Å². The number of hydrogen-bond donors (Lipinski definition) is 5. The first-order valence-electron chi connectivity index (χ1n) is 38.7. The van der Waals surface area contributed by atoms with E-state index in [0.29, 0.717) is 26.1 Å². The highest BCUT2D eigenvalue weighted by Crippen LogP contribution is 2.37. The fourth-order valence-corrected chi connectivity index (χ4v) is 14.9. The van der Waals surface area contributed by atoms with Crippen LogP contribution >= 0.6 is 0 Å². The molecule has 0 aromatic carbocycles. The quantitative estimate of drug-likeness (QED) is 0.115. The molecule has 3 aliphatic heterocycles. The number of amides is 12. The van der Waals surface area contributed by atoms with Crippen molar-refractivity contribution in [1.29, 1.82) is 0 Å². The zero-order valence-corrected chi connectivity index (χ0v) is 67.4. The highest BCUT2D eigenvalue weighted by Gasteiger charge is 2.46. The van der Waals surface area contributed by atoms with Gasteiger partial charge in [0.2, 0.25) is 70.9 Å². The van der Waals surface area contributed by atoms with Crippen molar-refractivity contribution < 1.29 is 62.3 Å². The van der Waals surface area contributed by atoms with Crippen LogP contribution in [0.2, 0.25) is 0 Å². The summed E-state index contributed by atoms with van der Waals surface area (Å²) in [6.45, 7) is 30.9. The zero-order chi connectivity index (χ0) is 77.8. The summed E-state index contributed by atoms with van der Waals surface area (Å²) in [5, 5.41) is 15.6. The predicted octanol–water partition coefficient (Wildman–Crippen LogP) is 5.82. The van der Waals surface area contributed by atoms with Crippen LogP contribution in [0, 0.1) is 47.3 Å². The lowest BCUT2D eigenvalue weighted by atomic mass is 9.77. The highest BCUT2D eigenvalue weighted by atomic mass is 16.5. The molecule has 103 heavy (non-hydrogen) atoms. The van der Waals surface area contributed by atoms with Gasteiger partial charge in [-0.2, -0.15) is 0 Å². The van der Waals surface area contributed by atoms with Crippen molar-refractivity contribution in [3.8, 4) is 0 Å². The number of likely N-dealkylation sites (tertiary alicyclic amines) is 1. The van der Waals surface area contributed by atoms with Gasteiger partial charge in [-0.15, -0.1) is 0 Å². The minimum absolute atomic E-state index is 0.0477. The number of ether oxygens (including phenoxy) is 1. The number of nitrogens with zero attached hydrogens (tertiary/aromatic N) is 8. The predicted molar refractivity (Wildman–Crippen MR) is 399 cm³/mol. The third kappa shape index (κ3) is 25.9. The summed E-state index contributed by atoms with van der Waals surface area (Å²) in [7, 11) is 10.5. The number of carbonyl (C=O) groups excluding carboxylic acids is 12. The van der Waals surface area contributed by atoms with Crippen molar-refractivity contribution in [2.24, 2.45) is 47.3 Å². The molecule has 1 saturated carbocycles. The molecule has 4 rings (SSSR count). The van der Waals surface area contributed by atoms with Crippen molar-refractivity contribution in [2.75, 3.05) is 82.1 Å². The lowest BCUT2D eigenvalue weighted by molar-refractivity contribution is -0.152. The van der Waals surface area contributed by atoms with E-state index in [9.17, 15) is 24.0 Å². The summed E-state index contributed by atoms with van der Waals surface area (Å²) < 4.78 is 6.28. The van der Waals surface area contributed by atoms with Gasteiger partial charge in [-0.1, -0.05) is 102 Å². The Bertz CT molecular complexity index is 2860. The van der Waals surface area contributed by atoms with Crippen molar-refractivity contribution in [3.63, 3.8) is 0 Å². The molecular weight excluding hydrogens is 1310 g/mol. The van der Waals surface area contributed by atoms with Gasteiger partial charge in [0.1, 0.15) is 60.4 Å². The summed E-state index contributed by atoms with van der Waals surface area (Å²) in [5.74, 6) is -7.87. The molecule has 3 saturated heterocycles. The standard InChI is InChI=1S/C77H137N13O13/c1-24-51(12)66-76(102)89(23)63(41-50(10)11)75(101)88(22)62(40-49(8)9)69(95)81-58(45-103-77(14,15)16)73(99)87(21)61(39-48(6)7)68(94)79-56(42-53-44-78-55-32-27-26-31-54(53)55)72(98)84(18)52(13)71(97)86(20)60(38-47(4)5)67(93)80-57(74(100)90-35-28-25-29-36-90)43-65(92)83(17)34-30-33-64(91)85(19)59(37-46(2)3)70(96)82-66/h46-63,66,78H,24-45H2,1-23H3,(H,79,94)(H,80,93)(H,81,95)(H,82,96)/t51-,52-,53?,54?,55?,56-,57-,58-,59-,60-,61-,62-,63-,66-/m0/s1. The van der Waals surface area contributed by atoms with Crippen LogP contribution in [-0.4, -0.2) is 264 Å². The number of likely N-dealkylation sites (N-methyl/N-ethyl adjacent to an activating group) is 6. The molecule has 0 aromatic heterocycles. The number of hydrogen-bond acceptors (Lipinski definition) is 14. The van der Waals surface area contributed by atoms with Crippen molar-refractivity contribution >= 4 is 70.9 Å². The Morgan fingerprint density at radius 1 is 0.485 bits per heavy atom. The van der Waals surface area contributed by atoms with E-state index in [2.05, 4.69) is 26.6 Å². The average molecular weight is 1450 g/mol. The van der Waals surface area contributed by atoms with E-state index in [4.69, 9.17) is 4.74 Å². The Labute approximate surface area is 617 Å². The first-order valence-corrected chi connectivity index (χ1v) is 38.7. The molecule has 26 heteroatoms. The normalized spacial score (nSPS) is 28.8. The molecule has 4 fully saturated rings. The minimum atomic E-state index is -1.41. The summed E-state index contributed by atoms with van der Waals surface area (Å²) in [6.07, 6.45) is 7.48. The molecule has 14 atom stereocenters. The van der Waals surface area contributed by atoms with E-state index in [0.717, 1.165) is 44.9 Å². The van der Waals surface area contributed by atoms with Crippen LogP contribution < -0.4 is 26.6 Å². The SMILES string of the molecule is CC[C@H](C)[C@@H]1NC(=O)[C@H](CC(C)C)N(C)C(=O)CCCN(C)C(=O)C[C@@H](C(=O)N2CCCCC2)NC(=O)[C@H](CC(C)C)N(C)C(=O)[C@H](C)N(C)C(=O)[C@H](CC2CNC3CCCCC23)NC(=O)[C@H](CC(C)C)N(C)C(=O)[C@H](COC(C)(C)C)NC(=O)[C@H](CC(C)C)N(C)C(=O)[C@H](CC(C)C)N(C)C1=O. The second-order valence-corrected chi connectivity index (χ2v) is 33.6. The first kappa shape index (κ1) is 89.0. The van der Waals surface area contributed by atoms with Crippen molar-refractivity contribution in [2.45, 2.75) is 292 Å². The van der Waals surface area contributed by atoms with Gasteiger partial charge in [-0.3, -0.25) is 57.5 Å². The Morgan fingerprint density at radius 3 is 1.45 bits per heavy atom. The van der Waals surface area contributed by atoms with E-state index in [1.807, 2.05) is 83.1 Å². The molecule has 1 aliphatic carbocycles. The van der Waals surface area contributed by atoms with Crippen LogP contribution in [0.1, 0.15) is 220 Å². The van der Waals surface area contributed by atoms with Gasteiger partial charge in [0.15, 0.2) is 0 Å². The maximum absolute atomic E-state index is 15.5. The summed E-state index contributed by atoms with van der Waals surface area (Å²) >= 11 is 0. The van der Waals surface area contributed by atoms with Crippen molar-refractivity contribution in [3.05, 3.63) is 0 Å². The van der Waals surface area contributed by atoms with Crippen LogP contribution in [0.15, 0.2) is 0 Å². The maximum atomic E-state index is 15.5. The van der Waals surface area contributed by atoms with E-state index in [-0.39, 0.29) is 112 Å². The van der Waals surface area contributed by atoms with Gasteiger partial charge in [0.25, 0.3) is 0 Å². The Morgan fingerprint density at radius 2 is 0.932 bits per heavy atom. The molecule has 5 N–H and O–H groups in total. The molecule has 3 heterocycles. The smallest absolute Gasteiger partial charge is 0.247 e. The van der Waals surface area contributed by atoms with Crippen LogP contribution in [0.4, 0.5) is 0 Å². The minimum Gasteiger partial charge on any atom is -0.373 e. The van der Waals surface area contributed by atoms with Crippen LogP contribution in [0.25, 0.3) is 0 Å². The van der Waals surface area contributed by atoms with Crippen LogP contribution in [0.5, 0.6) is 0 Å². The molecule has 3 unspecified atom stereocenters. The Balaban J connectivity index is 1.94. The number of carbonyl (C=O) groups is 12. The van der Waals surface area contributed by atoms with Crippen molar-refractivity contribution in [1.82, 2.24) is 65.8 Å². The number of fused-ring (bicyclic) bond motifs is 1. The van der Waals surface area contributed by atoms with Gasteiger partial charge in [0, 0.05) is 81.4 Å². The Kier molecular flexibility index (Phi) is 35.3. The largest absolute Gasteiger partial charge is 0.373 e. The van der Waals surface area contributed by atoms with Gasteiger partial charge in [0.05, 0.1) is 18.6 Å². The van der Waals surface area contributed by atoms with Crippen LogP contribution in [0.3, 0.4) is 0 Å². The molecule has 26 nitrogen and oxygen atoms in total. The summed E-state index contributed by atoms with van der Waals surface area (Å²) in [5.41, 5.74) is -0.820. The summed E-state index contributed by atoms with van der Waals surface area (Å²) in [6, 6.07) is -11.8. The first-order chi connectivity index (χ1) is 48.0. The van der Waals surface area contributed by atoms with E-state index >= 15 is 33.6 Å². The molecule has 0 bridgehead atoms. The Hall–Kier alpha value is -6.44. The monoisotopic (exact) mass is 1450 g/mol. The number of piperidine rings is 1. The number of rotatable bonds is 17. The molecule has 12 amide bonds. The third-order valence-electron chi connectivity index (χ3n) is 21.6. The van der Waals surface area contributed by atoms with E-state index in [1.165, 1.54) is 76.6 Å². The lowest BCUT2D eigenvalue weighted by Crippen LogP contribution is -2.62. The number of nitrogens with one attached hydrogen (secondary N) is 5. The maximum Gasteiger partial charge on any atom is 0.247 e. The lowest BCUT2D eigenvalue weighted by Gasteiger charge is -2.39. The third-order valence-corrected chi connectivity index (χ3v) is 21.6. The zero-order valence-electron chi connectivity index (χ0n) is 67.4. The van der Waals surface area contributed by atoms with Gasteiger partial charge in [-0.05, 0) is 159 Å². The molecule has 0 radical (unpaired) electrons. The van der Waals surface area contributed by atoms with E-state index < -0.39 is 149 Å². The topological polar surface area (TPSA) is 300 Å². The molecular formula is C77H137N13O13. The molecule has 4 aliphatic rings. The van der Waals surface area contributed by atoms with E-state index in [1.54, 1.807) is 39.6 Å². The summed E-state index contributed by atoms with van der Waals surface area (Å²) in [4.78, 5) is 191. The average Bonchev–Trinajstić information content (AvgIpc) is 1.04. The second kappa shape index (κ2) is 40.9.